The van der Waals surface area contributed by atoms with Crippen LogP contribution in [0.4, 0.5) is 8.78 Å². The van der Waals surface area contributed by atoms with Gasteiger partial charge in [0.25, 0.3) is 0 Å². The standard InChI is InChI=1S/C8H15F2N.ClH/c1-6(5-11)2-7-3-8(9,10)4-7;/h6-7H,2-5,11H2,1H3;1H. The second-order valence-electron chi connectivity index (χ2n) is 3.71. The molecule has 0 amide bonds. The zero-order valence-electron chi connectivity index (χ0n) is 7.22. The molecule has 0 saturated heterocycles. The quantitative estimate of drug-likeness (QED) is 0.743. The lowest BCUT2D eigenvalue weighted by Crippen LogP contribution is -2.36. The van der Waals surface area contributed by atoms with Gasteiger partial charge < -0.3 is 5.73 Å². The predicted molar refractivity (Wildman–Crippen MR) is 47.8 cm³/mol. The SMILES string of the molecule is CC(CN)CC1CC(F)(F)C1.Cl. The van der Waals surface area contributed by atoms with Crippen LogP contribution in [-0.4, -0.2) is 12.5 Å². The van der Waals surface area contributed by atoms with Crippen LogP contribution in [0.15, 0.2) is 0 Å². The fourth-order valence-electron chi connectivity index (χ4n) is 1.62. The van der Waals surface area contributed by atoms with Gasteiger partial charge in [-0.25, -0.2) is 8.78 Å². The van der Waals surface area contributed by atoms with Crippen LogP contribution in [-0.2, 0) is 0 Å². The van der Waals surface area contributed by atoms with Crippen molar-refractivity contribution >= 4 is 12.4 Å². The summed E-state index contributed by atoms with van der Waals surface area (Å²) in [6.45, 7) is 2.62. The molecule has 1 aliphatic carbocycles. The minimum absolute atomic E-state index is 0. The third-order valence-corrected chi connectivity index (χ3v) is 2.31. The van der Waals surface area contributed by atoms with Crippen molar-refractivity contribution in [3.05, 3.63) is 0 Å². The van der Waals surface area contributed by atoms with Gasteiger partial charge in [-0.2, -0.15) is 0 Å². The van der Waals surface area contributed by atoms with Crippen LogP contribution in [0, 0.1) is 11.8 Å². The summed E-state index contributed by atoms with van der Waals surface area (Å²) < 4.78 is 24.6. The van der Waals surface area contributed by atoms with E-state index in [1.807, 2.05) is 6.92 Å². The number of alkyl halides is 2. The maximum absolute atomic E-state index is 12.3. The molecule has 0 bridgehead atoms. The highest BCUT2D eigenvalue weighted by atomic mass is 35.5. The lowest BCUT2D eigenvalue weighted by Gasteiger charge is -2.36. The Morgan fingerprint density at radius 1 is 1.50 bits per heavy atom. The maximum atomic E-state index is 12.3. The van der Waals surface area contributed by atoms with Crippen LogP contribution in [0.3, 0.4) is 0 Å². The Kier molecular flexibility index (Phi) is 4.42. The van der Waals surface area contributed by atoms with E-state index in [1.165, 1.54) is 0 Å². The van der Waals surface area contributed by atoms with Gasteiger partial charge >= 0.3 is 0 Å². The first-order chi connectivity index (χ1) is 5.03. The molecule has 1 unspecified atom stereocenters. The Morgan fingerprint density at radius 3 is 2.33 bits per heavy atom. The van der Waals surface area contributed by atoms with Gasteiger partial charge in [-0.15, -0.1) is 12.4 Å². The summed E-state index contributed by atoms with van der Waals surface area (Å²) in [6, 6.07) is 0. The average Bonchev–Trinajstić information content (AvgIpc) is 1.83. The van der Waals surface area contributed by atoms with Gasteiger partial charge in [-0.1, -0.05) is 6.92 Å². The van der Waals surface area contributed by atoms with Crippen molar-refractivity contribution in [1.82, 2.24) is 0 Å². The molecule has 1 nitrogen and oxygen atoms in total. The Hall–Kier alpha value is 0.110. The van der Waals surface area contributed by atoms with E-state index in [9.17, 15) is 8.78 Å². The number of nitrogens with two attached hydrogens (primary N) is 1. The number of hydrogen-bond donors (Lipinski definition) is 1. The van der Waals surface area contributed by atoms with Crippen LogP contribution >= 0.6 is 12.4 Å². The minimum Gasteiger partial charge on any atom is -0.330 e. The summed E-state index contributed by atoms with van der Waals surface area (Å²) in [5, 5.41) is 0. The topological polar surface area (TPSA) is 26.0 Å². The third-order valence-electron chi connectivity index (χ3n) is 2.31. The van der Waals surface area contributed by atoms with Crippen LogP contribution in [0.1, 0.15) is 26.2 Å². The van der Waals surface area contributed by atoms with E-state index in [2.05, 4.69) is 0 Å². The lowest BCUT2D eigenvalue weighted by molar-refractivity contribution is -0.114. The Morgan fingerprint density at radius 2 is 2.00 bits per heavy atom. The molecule has 0 heterocycles. The van der Waals surface area contributed by atoms with Crippen LogP contribution in [0.5, 0.6) is 0 Å². The molecule has 0 aliphatic heterocycles. The highest BCUT2D eigenvalue weighted by Gasteiger charge is 2.44. The van der Waals surface area contributed by atoms with Gasteiger partial charge in [0.2, 0.25) is 5.92 Å². The van der Waals surface area contributed by atoms with Gasteiger partial charge in [0, 0.05) is 12.8 Å². The van der Waals surface area contributed by atoms with Crippen LogP contribution in [0.2, 0.25) is 0 Å². The van der Waals surface area contributed by atoms with Crippen molar-refractivity contribution in [3.8, 4) is 0 Å². The Balaban J connectivity index is 0.00000121. The zero-order chi connectivity index (χ0) is 8.48. The van der Waals surface area contributed by atoms with Crippen molar-refractivity contribution in [2.24, 2.45) is 17.6 Å². The van der Waals surface area contributed by atoms with Gasteiger partial charge in [-0.05, 0) is 24.8 Å². The number of halogens is 3. The molecular formula is C8H16ClF2N. The van der Waals surface area contributed by atoms with E-state index >= 15 is 0 Å². The predicted octanol–water partition coefficient (Wildman–Crippen LogP) is 2.44. The zero-order valence-corrected chi connectivity index (χ0v) is 8.04. The molecule has 0 aromatic rings. The Labute approximate surface area is 78.1 Å². The lowest BCUT2D eigenvalue weighted by atomic mass is 9.76. The molecule has 1 fully saturated rings. The first-order valence-electron chi connectivity index (χ1n) is 4.11. The summed E-state index contributed by atoms with van der Waals surface area (Å²) in [5.74, 6) is -1.74. The molecule has 1 aliphatic rings. The molecule has 1 atom stereocenters. The van der Waals surface area contributed by atoms with Gasteiger partial charge in [-0.3, -0.25) is 0 Å². The molecule has 1 saturated carbocycles. The van der Waals surface area contributed by atoms with Crippen LogP contribution < -0.4 is 5.73 Å². The second-order valence-corrected chi connectivity index (χ2v) is 3.71. The molecular weight excluding hydrogens is 184 g/mol. The van der Waals surface area contributed by atoms with Gasteiger partial charge in [0.05, 0.1) is 0 Å². The summed E-state index contributed by atoms with van der Waals surface area (Å²) >= 11 is 0. The molecule has 74 valence electrons. The molecule has 1 rings (SSSR count). The number of rotatable bonds is 3. The molecule has 12 heavy (non-hydrogen) atoms. The van der Waals surface area contributed by atoms with Gasteiger partial charge in [0.1, 0.15) is 0 Å². The summed E-state index contributed by atoms with van der Waals surface area (Å²) in [5.41, 5.74) is 5.38. The first kappa shape index (κ1) is 12.1. The van der Waals surface area contributed by atoms with Crippen molar-refractivity contribution in [3.63, 3.8) is 0 Å². The highest BCUT2D eigenvalue weighted by molar-refractivity contribution is 5.85. The molecule has 2 N–H and O–H groups in total. The summed E-state index contributed by atoms with van der Waals surface area (Å²) in [6.07, 6.45) is 1.03. The van der Waals surface area contributed by atoms with E-state index < -0.39 is 5.92 Å². The van der Waals surface area contributed by atoms with Crippen molar-refractivity contribution in [2.75, 3.05) is 6.54 Å². The van der Waals surface area contributed by atoms with Gasteiger partial charge in [0.15, 0.2) is 0 Å². The van der Waals surface area contributed by atoms with E-state index in [0.717, 1.165) is 6.42 Å². The van der Waals surface area contributed by atoms with Crippen LogP contribution in [0.25, 0.3) is 0 Å². The van der Waals surface area contributed by atoms with E-state index in [1.54, 1.807) is 0 Å². The van der Waals surface area contributed by atoms with Crippen molar-refractivity contribution < 1.29 is 8.78 Å². The number of hydrogen-bond acceptors (Lipinski definition) is 1. The van der Waals surface area contributed by atoms with E-state index in [4.69, 9.17) is 5.73 Å². The molecule has 4 heteroatoms. The van der Waals surface area contributed by atoms with E-state index in [-0.39, 0.29) is 31.2 Å². The summed E-state index contributed by atoms with van der Waals surface area (Å²) in [7, 11) is 0. The largest absolute Gasteiger partial charge is 0.330 e. The molecule has 0 aromatic carbocycles. The monoisotopic (exact) mass is 199 g/mol. The summed E-state index contributed by atoms with van der Waals surface area (Å²) in [4.78, 5) is 0. The normalized spacial score (nSPS) is 24.0. The van der Waals surface area contributed by atoms with E-state index in [0.29, 0.717) is 12.5 Å². The minimum atomic E-state index is -2.36. The third kappa shape index (κ3) is 3.23. The smallest absolute Gasteiger partial charge is 0.248 e. The second kappa shape index (κ2) is 4.38. The maximum Gasteiger partial charge on any atom is 0.248 e. The fraction of sp³-hybridized carbons (Fsp3) is 1.00. The Bertz CT molecular complexity index is 133. The first-order valence-corrected chi connectivity index (χ1v) is 4.11. The molecule has 0 radical (unpaired) electrons. The highest BCUT2D eigenvalue weighted by Crippen LogP contribution is 2.44. The molecule has 0 spiro atoms. The molecule has 0 aromatic heterocycles. The van der Waals surface area contributed by atoms with Crippen molar-refractivity contribution in [2.45, 2.75) is 32.1 Å². The van der Waals surface area contributed by atoms with Crippen molar-refractivity contribution in [1.29, 1.82) is 0 Å². The fourth-order valence-corrected chi connectivity index (χ4v) is 1.62. The average molecular weight is 200 g/mol.